The van der Waals surface area contributed by atoms with Gasteiger partial charge in [0.2, 0.25) is 5.82 Å². The van der Waals surface area contributed by atoms with E-state index < -0.39 is 0 Å². The first-order valence-electron chi connectivity index (χ1n) is 7.37. The highest BCUT2D eigenvalue weighted by molar-refractivity contribution is 5.79. The van der Waals surface area contributed by atoms with Gasteiger partial charge in [-0.05, 0) is 50.6 Å². The van der Waals surface area contributed by atoms with E-state index in [-0.39, 0.29) is 6.04 Å². The van der Waals surface area contributed by atoms with Crippen LogP contribution in [0.3, 0.4) is 0 Å². The number of furan rings is 1. The predicted molar refractivity (Wildman–Crippen MR) is 83.6 cm³/mol. The standard InChI is InChI=1S/C16H15N5O2/c1-9(2)21-13-5-4-11(8-12(13)18-20-21)16-17-15(19-23-16)14-10(3)6-7-22-14/h4-9H,1-3H3. The summed E-state index contributed by atoms with van der Waals surface area (Å²) in [5, 5.41) is 12.4. The third-order valence-electron chi connectivity index (χ3n) is 3.70. The Hall–Kier alpha value is -2.96. The molecule has 0 aliphatic rings. The molecular formula is C16H15N5O2. The molecule has 4 rings (SSSR count). The minimum absolute atomic E-state index is 0.253. The fourth-order valence-corrected chi connectivity index (χ4v) is 2.49. The molecule has 0 bridgehead atoms. The van der Waals surface area contributed by atoms with Gasteiger partial charge in [0.15, 0.2) is 5.76 Å². The van der Waals surface area contributed by atoms with Gasteiger partial charge in [0.1, 0.15) is 5.52 Å². The summed E-state index contributed by atoms with van der Waals surface area (Å²) in [5.74, 6) is 1.48. The van der Waals surface area contributed by atoms with Crippen molar-refractivity contribution < 1.29 is 8.94 Å². The lowest BCUT2D eigenvalue weighted by atomic mass is 10.2. The predicted octanol–water partition coefficient (Wildman–Crippen LogP) is 3.63. The van der Waals surface area contributed by atoms with E-state index in [2.05, 4.69) is 34.3 Å². The van der Waals surface area contributed by atoms with Crippen LogP contribution in [0.4, 0.5) is 0 Å². The van der Waals surface area contributed by atoms with Crippen molar-refractivity contribution in [3.05, 3.63) is 36.1 Å². The van der Waals surface area contributed by atoms with Gasteiger partial charge < -0.3 is 8.94 Å². The third-order valence-corrected chi connectivity index (χ3v) is 3.70. The molecule has 0 aliphatic carbocycles. The third kappa shape index (κ3) is 2.21. The van der Waals surface area contributed by atoms with Crippen LogP contribution in [0, 0.1) is 6.92 Å². The van der Waals surface area contributed by atoms with Gasteiger partial charge in [-0.15, -0.1) is 5.10 Å². The second-order valence-electron chi connectivity index (χ2n) is 5.69. The summed E-state index contributed by atoms with van der Waals surface area (Å²) < 4.78 is 12.6. The molecule has 116 valence electrons. The monoisotopic (exact) mass is 309 g/mol. The molecule has 1 aromatic carbocycles. The molecule has 3 aromatic heterocycles. The topological polar surface area (TPSA) is 82.8 Å². The van der Waals surface area contributed by atoms with Crippen molar-refractivity contribution in [2.24, 2.45) is 0 Å². The number of fused-ring (bicyclic) bond motifs is 1. The summed E-state index contributed by atoms with van der Waals surface area (Å²) in [7, 11) is 0. The van der Waals surface area contributed by atoms with Crippen LogP contribution in [0.2, 0.25) is 0 Å². The van der Waals surface area contributed by atoms with Crippen LogP contribution in [-0.4, -0.2) is 25.1 Å². The lowest BCUT2D eigenvalue weighted by molar-refractivity contribution is 0.429. The lowest BCUT2D eigenvalue weighted by Gasteiger charge is -2.04. The molecule has 3 heterocycles. The van der Waals surface area contributed by atoms with E-state index in [1.165, 1.54) is 0 Å². The molecule has 0 saturated carbocycles. The minimum atomic E-state index is 0.253. The summed E-state index contributed by atoms with van der Waals surface area (Å²) in [6.45, 7) is 6.07. The van der Waals surface area contributed by atoms with Gasteiger partial charge in [0, 0.05) is 11.6 Å². The van der Waals surface area contributed by atoms with Crippen LogP contribution in [0.25, 0.3) is 34.1 Å². The van der Waals surface area contributed by atoms with Gasteiger partial charge in [-0.1, -0.05) is 10.4 Å². The first-order valence-corrected chi connectivity index (χ1v) is 7.37. The molecule has 0 saturated heterocycles. The van der Waals surface area contributed by atoms with Crippen LogP contribution in [0.5, 0.6) is 0 Å². The van der Waals surface area contributed by atoms with Crippen LogP contribution < -0.4 is 0 Å². The second-order valence-corrected chi connectivity index (χ2v) is 5.69. The number of aromatic nitrogens is 5. The van der Waals surface area contributed by atoms with Gasteiger partial charge in [-0.25, -0.2) is 4.68 Å². The molecule has 0 atom stereocenters. The Bertz CT molecular complexity index is 979. The van der Waals surface area contributed by atoms with Crippen molar-refractivity contribution in [1.82, 2.24) is 25.1 Å². The van der Waals surface area contributed by atoms with Gasteiger partial charge in [-0.3, -0.25) is 0 Å². The number of rotatable bonds is 3. The number of hydrogen-bond acceptors (Lipinski definition) is 6. The zero-order valence-corrected chi connectivity index (χ0v) is 13.0. The fraction of sp³-hybridized carbons (Fsp3) is 0.250. The number of hydrogen-bond donors (Lipinski definition) is 0. The van der Waals surface area contributed by atoms with Gasteiger partial charge >= 0.3 is 0 Å². The Morgan fingerprint density at radius 3 is 2.78 bits per heavy atom. The molecule has 0 fully saturated rings. The maximum absolute atomic E-state index is 5.39. The van der Waals surface area contributed by atoms with E-state index in [9.17, 15) is 0 Å². The van der Waals surface area contributed by atoms with Crippen LogP contribution in [0.1, 0.15) is 25.5 Å². The van der Waals surface area contributed by atoms with Gasteiger partial charge in [0.05, 0.1) is 11.8 Å². The zero-order valence-electron chi connectivity index (χ0n) is 13.0. The normalized spacial score (nSPS) is 11.7. The van der Waals surface area contributed by atoms with E-state index >= 15 is 0 Å². The van der Waals surface area contributed by atoms with Crippen molar-refractivity contribution in [1.29, 1.82) is 0 Å². The van der Waals surface area contributed by atoms with E-state index in [0.717, 1.165) is 22.2 Å². The molecule has 0 radical (unpaired) electrons. The van der Waals surface area contributed by atoms with Crippen molar-refractivity contribution in [2.45, 2.75) is 26.8 Å². The van der Waals surface area contributed by atoms with Crippen LogP contribution >= 0.6 is 0 Å². The van der Waals surface area contributed by atoms with Crippen molar-refractivity contribution in [3.8, 4) is 23.0 Å². The smallest absolute Gasteiger partial charge is 0.258 e. The zero-order chi connectivity index (χ0) is 16.0. The molecule has 0 amide bonds. The van der Waals surface area contributed by atoms with Crippen molar-refractivity contribution in [3.63, 3.8) is 0 Å². The van der Waals surface area contributed by atoms with E-state index in [0.29, 0.717) is 17.5 Å². The van der Waals surface area contributed by atoms with Gasteiger partial charge in [-0.2, -0.15) is 4.98 Å². The second kappa shape index (κ2) is 5.05. The van der Waals surface area contributed by atoms with Crippen molar-refractivity contribution in [2.75, 3.05) is 0 Å². The SMILES string of the molecule is Cc1ccoc1-c1noc(-c2ccc3c(c2)nnn3C(C)C)n1. The maximum Gasteiger partial charge on any atom is 0.258 e. The molecular weight excluding hydrogens is 294 g/mol. The Balaban J connectivity index is 1.75. The summed E-state index contributed by atoms with van der Waals surface area (Å²) in [4.78, 5) is 4.41. The van der Waals surface area contributed by atoms with Crippen molar-refractivity contribution >= 4 is 11.0 Å². The Morgan fingerprint density at radius 1 is 1.17 bits per heavy atom. The minimum Gasteiger partial charge on any atom is -0.461 e. The van der Waals surface area contributed by atoms with Crippen LogP contribution in [0.15, 0.2) is 39.5 Å². The maximum atomic E-state index is 5.39. The molecule has 0 aliphatic heterocycles. The van der Waals surface area contributed by atoms with E-state index in [1.54, 1.807) is 6.26 Å². The summed E-state index contributed by atoms with van der Waals surface area (Å²) in [6, 6.07) is 7.90. The molecule has 0 N–H and O–H groups in total. The molecule has 4 aromatic rings. The highest BCUT2D eigenvalue weighted by atomic mass is 16.5. The Morgan fingerprint density at radius 2 is 2.04 bits per heavy atom. The number of nitrogens with zero attached hydrogens (tertiary/aromatic N) is 5. The molecule has 7 nitrogen and oxygen atoms in total. The molecule has 0 unspecified atom stereocenters. The first-order chi connectivity index (χ1) is 11.1. The van der Waals surface area contributed by atoms with Crippen LogP contribution in [-0.2, 0) is 0 Å². The van der Waals surface area contributed by atoms with Gasteiger partial charge in [0.25, 0.3) is 5.89 Å². The molecule has 7 heteroatoms. The first kappa shape index (κ1) is 13.7. The fourth-order valence-electron chi connectivity index (χ4n) is 2.49. The number of aryl methyl sites for hydroxylation is 1. The van der Waals surface area contributed by atoms with E-state index in [4.69, 9.17) is 8.94 Å². The highest BCUT2D eigenvalue weighted by Crippen LogP contribution is 2.27. The van der Waals surface area contributed by atoms with E-state index in [1.807, 2.05) is 35.9 Å². The lowest BCUT2D eigenvalue weighted by Crippen LogP contribution is -2.02. The Kier molecular flexibility index (Phi) is 3.00. The average molecular weight is 309 g/mol. The quantitative estimate of drug-likeness (QED) is 0.574. The molecule has 0 spiro atoms. The number of benzene rings is 1. The largest absolute Gasteiger partial charge is 0.461 e. The summed E-state index contributed by atoms with van der Waals surface area (Å²) in [6.07, 6.45) is 1.61. The Labute approximate surface area is 131 Å². The summed E-state index contributed by atoms with van der Waals surface area (Å²) in [5.41, 5.74) is 3.54. The average Bonchev–Trinajstić information content (AvgIpc) is 3.24. The molecule has 23 heavy (non-hydrogen) atoms. The highest BCUT2D eigenvalue weighted by Gasteiger charge is 2.16. The summed E-state index contributed by atoms with van der Waals surface area (Å²) >= 11 is 0.